The standard InChI is InChI=1S/C10H9F3N2O2/c11-10(12,13)9(15-17)6-8(14-16)7-4-2-1-3-5-7/h1-5,16-17H,6H2/b14-8+,15-9-. The highest BCUT2D eigenvalue weighted by atomic mass is 19.4. The molecule has 2 N–H and O–H groups in total. The lowest BCUT2D eigenvalue weighted by Gasteiger charge is -2.09. The number of nitrogens with zero attached hydrogens (tertiary/aromatic N) is 2. The van der Waals surface area contributed by atoms with Gasteiger partial charge < -0.3 is 10.4 Å². The zero-order valence-electron chi connectivity index (χ0n) is 8.52. The lowest BCUT2D eigenvalue weighted by Crippen LogP contribution is -2.26. The third kappa shape index (κ3) is 3.47. The summed E-state index contributed by atoms with van der Waals surface area (Å²) in [4.78, 5) is 0. The molecule has 0 saturated carbocycles. The molecule has 0 radical (unpaired) electrons. The van der Waals surface area contributed by atoms with Gasteiger partial charge >= 0.3 is 6.18 Å². The van der Waals surface area contributed by atoms with Gasteiger partial charge in [0.25, 0.3) is 0 Å². The molecule has 0 unspecified atom stereocenters. The first-order valence-electron chi connectivity index (χ1n) is 4.53. The smallest absolute Gasteiger partial charge is 0.411 e. The summed E-state index contributed by atoms with van der Waals surface area (Å²) in [5.74, 6) is 0. The molecule has 0 aliphatic rings. The van der Waals surface area contributed by atoms with Crippen LogP contribution < -0.4 is 0 Å². The van der Waals surface area contributed by atoms with Gasteiger partial charge in [-0.25, -0.2) is 0 Å². The molecule has 1 aromatic rings. The average molecular weight is 246 g/mol. The Morgan fingerprint density at radius 2 is 1.65 bits per heavy atom. The molecule has 0 aromatic heterocycles. The van der Waals surface area contributed by atoms with Crippen molar-refractivity contribution < 1.29 is 23.6 Å². The molecule has 0 bridgehead atoms. The molecule has 7 heteroatoms. The van der Waals surface area contributed by atoms with Crippen LogP contribution in [-0.2, 0) is 0 Å². The highest BCUT2D eigenvalue weighted by Gasteiger charge is 2.37. The molecule has 4 nitrogen and oxygen atoms in total. The van der Waals surface area contributed by atoms with Crippen LogP contribution in [0.1, 0.15) is 12.0 Å². The highest BCUT2D eigenvalue weighted by Crippen LogP contribution is 2.21. The SMILES string of the molecule is O/N=C(/C/C(=N\O)c1ccccc1)C(F)(F)F. The van der Waals surface area contributed by atoms with Crippen LogP contribution in [0.15, 0.2) is 40.6 Å². The van der Waals surface area contributed by atoms with Crippen LogP contribution in [0.25, 0.3) is 0 Å². The molecular formula is C10H9F3N2O2. The van der Waals surface area contributed by atoms with Crippen molar-refractivity contribution in [2.24, 2.45) is 10.3 Å². The summed E-state index contributed by atoms with van der Waals surface area (Å²) in [6, 6.07) is 7.82. The van der Waals surface area contributed by atoms with Gasteiger partial charge in [-0.1, -0.05) is 40.6 Å². The van der Waals surface area contributed by atoms with E-state index in [0.717, 1.165) is 0 Å². The molecule has 17 heavy (non-hydrogen) atoms. The molecule has 0 spiro atoms. The number of halogens is 3. The number of benzene rings is 1. The fourth-order valence-corrected chi connectivity index (χ4v) is 1.18. The van der Waals surface area contributed by atoms with Crippen LogP contribution in [-0.4, -0.2) is 28.0 Å². The second-order valence-electron chi connectivity index (χ2n) is 3.13. The summed E-state index contributed by atoms with van der Waals surface area (Å²) < 4.78 is 36.9. The van der Waals surface area contributed by atoms with Gasteiger partial charge in [0.2, 0.25) is 0 Å². The molecule has 0 aliphatic carbocycles. The van der Waals surface area contributed by atoms with E-state index in [2.05, 4.69) is 10.3 Å². The predicted octanol–water partition coefficient (Wildman–Crippen LogP) is 2.65. The maximum Gasteiger partial charge on any atom is 0.433 e. The summed E-state index contributed by atoms with van der Waals surface area (Å²) >= 11 is 0. The van der Waals surface area contributed by atoms with E-state index >= 15 is 0 Å². The minimum Gasteiger partial charge on any atom is -0.411 e. The monoisotopic (exact) mass is 246 g/mol. The molecule has 0 heterocycles. The molecule has 0 amide bonds. The molecule has 0 atom stereocenters. The molecule has 92 valence electrons. The predicted molar refractivity (Wildman–Crippen MR) is 54.7 cm³/mol. The zero-order valence-corrected chi connectivity index (χ0v) is 8.52. The highest BCUT2D eigenvalue weighted by molar-refractivity contribution is 6.13. The normalized spacial score (nSPS) is 13.8. The topological polar surface area (TPSA) is 65.2 Å². The van der Waals surface area contributed by atoms with Crippen LogP contribution in [0.2, 0.25) is 0 Å². The first-order valence-corrected chi connectivity index (χ1v) is 4.53. The Morgan fingerprint density at radius 3 is 2.06 bits per heavy atom. The van der Waals surface area contributed by atoms with E-state index < -0.39 is 18.3 Å². The number of oxime groups is 2. The minimum atomic E-state index is -4.76. The summed E-state index contributed by atoms with van der Waals surface area (Å²) in [7, 11) is 0. The second kappa shape index (κ2) is 5.33. The lowest BCUT2D eigenvalue weighted by atomic mass is 10.0. The quantitative estimate of drug-likeness (QED) is 0.489. The molecular weight excluding hydrogens is 237 g/mol. The summed E-state index contributed by atoms with van der Waals surface area (Å²) in [6.07, 6.45) is -5.57. The van der Waals surface area contributed by atoms with Crippen LogP contribution in [0.4, 0.5) is 13.2 Å². The van der Waals surface area contributed by atoms with Gasteiger partial charge in [-0.15, -0.1) is 0 Å². The Morgan fingerprint density at radius 1 is 1.06 bits per heavy atom. The summed E-state index contributed by atoms with van der Waals surface area (Å²) in [6.45, 7) is 0. The Kier molecular flexibility index (Phi) is 4.08. The van der Waals surface area contributed by atoms with Gasteiger partial charge in [-0.05, 0) is 5.56 Å². The van der Waals surface area contributed by atoms with Gasteiger partial charge in [0.1, 0.15) is 0 Å². The zero-order chi connectivity index (χ0) is 12.9. The van der Waals surface area contributed by atoms with Crippen molar-refractivity contribution >= 4 is 11.4 Å². The third-order valence-corrected chi connectivity index (χ3v) is 2.01. The summed E-state index contributed by atoms with van der Waals surface area (Å²) in [5, 5.41) is 21.9. The van der Waals surface area contributed by atoms with Crippen LogP contribution in [0.5, 0.6) is 0 Å². The van der Waals surface area contributed by atoms with Crippen molar-refractivity contribution in [2.75, 3.05) is 0 Å². The second-order valence-corrected chi connectivity index (χ2v) is 3.13. The van der Waals surface area contributed by atoms with Gasteiger partial charge in [0.05, 0.1) is 5.71 Å². The van der Waals surface area contributed by atoms with E-state index in [1.54, 1.807) is 18.2 Å². The summed E-state index contributed by atoms with van der Waals surface area (Å²) in [5.41, 5.74) is -1.33. The molecule has 0 saturated heterocycles. The molecule has 0 aliphatic heterocycles. The van der Waals surface area contributed by atoms with E-state index in [1.165, 1.54) is 12.1 Å². The maximum absolute atomic E-state index is 12.3. The van der Waals surface area contributed by atoms with Gasteiger partial charge in [0.15, 0.2) is 5.71 Å². The van der Waals surface area contributed by atoms with Crippen molar-refractivity contribution in [1.82, 2.24) is 0 Å². The van der Waals surface area contributed by atoms with Crippen molar-refractivity contribution in [3.63, 3.8) is 0 Å². The number of alkyl halides is 3. The molecule has 1 rings (SSSR count). The van der Waals surface area contributed by atoms with Crippen molar-refractivity contribution in [3.05, 3.63) is 35.9 Å². The van der Waals surface area contributed by atoms with E-state index in [0.29, 0.717) is 5.56 Å². The Bertz CT molecular complexity index is 427. The minimum absolute atomic E-state index is 0.226. The van der Waals surface area contributed by atoms with Crippen LogP contribution in [0.3, 0.4) is 0 Å². The van der Waals surface area contributed by atoms with E-state index in [9.17, 15) is 13.2 Å². The molecule has 1 aromatic carbocycles. The maximum atomic E-state index is 12.3. The van der Waals surface area contributed by atoms with E-state index in [-0.39, 0.29) is 5.71 Å². The molecule has 0 fully saturated rings. The Balaban J connectivity index is 2.94. The van der Waals surface area contributed by atoms with Gasteiger partial charge in [-0.2, -0.15) is 13.2 Å². The third-order valence-electron chi connectivity index (χ3n) is 2.01. The van der Waals surface area contributed by atoms with Gasteiger partial charge in [0, 0.05) is 6.42 Å². The lowest BCUT2D eigenvalue weighted by molar-refractivity contribution is -0.0619. The first kappa shape index (κ1) is 13.0. The van der Waals surface area contributed by atoms with Crippen molar-refractivity contribution in [1.29, 1.82) is 0 Å². The van der Waals surface area contributed by atoms with Crippen LogP contribution in [0, 0.1) is 0 Å². The fourth-order valence-electron chi connectivity index (χ4n) is 1.18. The number of hydrogen-bond acceptors (Lipinski definition) is 4. The average Bonchev–Trinajstić information content (AvgIpc) is 2.30. The van der Waals surface area contributed by atoms with E-state index in [4.69, 9.17) is 10.4 Å². The Hall–Kier alpha value is -2.05. The number of rotatable bonds is 3. The largest absolute Gasteiger partial charge is 0.433 e. The van der Waals surface area contributed by atoms with Crippen molar-refractivity contribution in [2.45, 2.75) is 12.6 Å². The van der Waals surface area contributed by atoms with E-state index in [1.807, 2.05) is 0 Å². The van der Waals surface area contributed by atoms with Crippen LogP contribution >= 0.6 is 0 Å². The Labute approximate surface area is 94.7 Å². The first-order chi connectivity index (χ1) is 7.99. The fraction of sp³-hybridized carbons (Fsp3) is 0.200. The van der Waals surface area contributed by atoms with Crippen molar-refractivity contribution in [3.8, 4) is 0 Å². The van der Waals surface area contributed by atoms with Gasteiger partial charge in [-0.3, -0.25) is 0 Å². The number of hydrogen-bond donors (Lipinski definition) is 2.